The monoisotopic (exact) mass is 623 g/mol. The molecular weight excluding hydrogens is 590 g/mol. The van der Waals surface area contributed by atoms with E-state index in [0.717, 1.165) is 36.4 Å². The lowest BCUT2D eigenvalue weighted by molar-refractivity contribution is -0.137. The number of hydrogen-bond donors (Lipinski definition) is 2. The standard InChI is InChI=1S/C30H33F4N3O5S/c1-19-15-37(20(2)18-38)29(39)26-14-24(35-43(40,41)25-11-8-23(31)9-12-25)10-13-27(26)42-28(19)17-36(3)16-21-4-6-22(7-5-21)30(32,33)34/h4-14,19-20,28,35,38H,15-18H2,1-3H3/t19-,20+,28+/m1/s1. The molecule has 4 rings (SSSR count). The van der Waals surface area contributed by atoms with Crippen molar-refractivity contribution in [1.29, 1.82) is 0 Å². The lowest BCUT2D eigenvalue weighted by Crippen LogP contribution is -2.49. The molecule has 0 bridgehead atoms. The highest BCUT2D eigenvalue weighted by atomic mass is 32.2. The first-order valence-corrected chi connectivity index (χ1v) is 15.0. The number of anilines is 1. The highest BCUT2D eigenvalue weighted by Gasteiger charge is 2.34. The number of benzene rings is 3. The van der Waals surface area contributed by atoms with Gasteiger partial charge in [0.1, 0.15) is 17.7 Å². The first kappa shape index (κ1) is 32.2. The number of amides is 1. The molecule has 2 N–H and O–H groups in total. The van der Waals surface area contributed by atoms with Crippen molar-refractivity contribution in [2.75, 3.05) is 31.5 Å². The predicted octanol–water partition coefficient (Wildman–Crippen LogP) is 5.00. The Kier molecular flexibility index (Phi) is 9.67. The second-order valence-corrected chi connectivity index (χ2v) is 12.5. The Balaban J connectivity index is 1.59. The van der Waals surface area contributed by atoms with Crippen molar-refractivity contribution in [2.24, 2.45) is 5.92 Å². The quantitative estimate of drug-likeness (QED) is 0.326. The molecule has 1 aliphatic heterocycles. The predicted molar refractivity (Wildman–Crippen MR) is 153 cm³/mol. The Bertz CT molecular complexity index is 1530. The first-order valence-electron chi connectivity index (χ1n) is 13.5. The number of nitrogens with zero attached hydrogens (tertiary/aromatic N) is 2. The molecule has 232 valence electrons. The van der Waals surface area contributed by atoms with Crippen LogP contribution in [0.2, 0.25) is 0 Å². The van der Waals surface area contributed by atoms with Gasteiger partial charge in [-0.1, -0.05) is 19.1 Å². The lowest BCUT2D eigenvalue weighted by atomic mass is 9.99. The summed E-state index contributed by atoms with van der Waals surface area (Å²) in [6.45, 7) is 4.22. The summed E-state index contributed by atoms with van der Waals surface area (Å²) >= 11 is 0. The van der Waals surface area contributed by atoms with E-state index in [4.69, 9.17) is 4.74 Å². The van der Waals surface area contributed by atoms with Gasteiger partial charge in [-0.3, -0.25) is 14.4 Å². The molecule has 13 heteroatoms. The van der Waals surface area contributed by atoms with Crippen LogP contribution in [-0.4, -0.2) is 68.1 Å². The summed E-state index contributed by atoms with van der Waals surface area (Å²) in [5.74, 6) is -1.04. The fraction of sp³-hybridized carbons (Fsp3) is 0.367. The Labute approximate surface area is 247 Å². The van der Waals surface area contributed by atoms with Crippen molar-refractivity contribution in [3.05, 3.63) is 89.2 Å². The van der Waals surface area contributed by atoms with Crippen molar-refractivity contribution in [3.63, 3.8) is 0 Å². The molecule has 1 heterocycles. The number of fused-ring (bicyclic) bond motifs is 1. The normalized spacial score (nSPS) is 18.4. The molecule has 1 amide bonds. The lowest BCUT2D eigenvalue weighted by Gasteiger charge is -2.38. The van der Waals surface area contributed by atoms with Gasteiger partial charge in [-0.05, 0) is 74.1 Å². The van der Waals surface area contributed by atoms with Gasteiger partial charge >= 0.3 is 6.18 Å². The highest BCUT2D eigenvalue weighted by Crippen LogP contribution is 2.32. The summed E-state index contributed by atoms with van der Waals surface area (Å²) in [4.78, 5) is 16.9. The van der Waals surface area contributed by atoms with Crippen LogP contribution in [-0.2, 0) is 22.7 Å². The Hall–Kier alpha value is -3.68. The van der Waals surface area contributed by atoms with Crippen molar-refractivity contribution in [3.8, 4) is 5.75 Å². The van der Waals surface area contributed by atoms with Gasteiger partial charge in [-0.25, -0.2) is 12.8 Å². The summed E-state index contributed by atoms with van der Waals surface area (Å²) in [5, 5.41) is 9.88. The maximum atomic E-state index is 13.7. The number of nitrogens with one attached hydrogen (secondary N) is 1. The van der Waals surface area contributed by atoms with Crippen LogP contribution in [0, 0.1) is 11.7 Å². The second-order valence-electron chi connectivity index (χ2n) is 10.8. The van der Waals surface area contributed by atoms with Crippen LogP contribution in [0.25, 0.3) is 0 Å². The van der Waals surface area contributed by atoms with Gasteiger partial charge in [0.15, 0.2) is 0 Å². The molecule has 8 nitrogen and oxygen atoms in total. The van der Waals surface area contributed by atoms with Crippen LogP contribution in [0.5, 0.6) is 5.75 Å². The van der Waals surface area contributed by atoms with Crippen molar-refractivity contribution in [1.82, 2.24) is 9.80 Å². The number of hydrogen-bond acceptors (Lipinski definition) is 6. The second kappa shape index (κ2) is 12.9. The zero-order chi connectivity index (χ0) is 31.5. The summed E-state index contributed by atoms with van der Waals surface area (Å²) < 4.78 is 86.6. The molecule has 1 aliphatic rings. The molecule has 0 aliphatic carbocycles. The van der Waals surface area contributed by atoms with Gasteiger partial charge in [0.2, 0.25) is 0 Å². The third kappa shape index (κ3) is 7.84. The number of rotatable bonds is 9. The van der Waals surface area contributed by atoms with Gasteiger partial charge in [0.05, 0.1) is 28.7 Å². The topological polar surface area (TPSA) is 99.2 Å². The van der Waals surface area contributed by atoms with Crippen LogP contribution >= 0.6 is 0 Å². The molecule has 0 radical (unpaired) electrons. The highest BCUT2D eigenvalue weighted by molar-refractivity contribution is 7.92. The summed E-state index contributed by atoms with van der Waals surface area (Å²) in [6.07, 6.45) is -4.89. The molecule has 3 aromatic rings. The first-order chi connectivity index (χ1) is 20.2. The van der Waals surface area contributed by atoms with Crippen LogP contribution in [0.4, 0.5) is 23.2 Å². The van der Waals surface area contributed by atoms with Crippen LogP contribution in [0.3, 0.4) is 0 Å². The Morgan fingerprint density at radius 2 is 1.74 bits per heavy atom. The molecule has 3 aromatic carbocycles. The molecule has 3 atom stereocenters. The van der Waals surface area contributed by atoms with Crippen LogP contribution < -0.4 is 9.46 Å². The van der Waals surface area contributed by atoms with E-state index in [2.05, 4.69) is 4.72 Å². The van der Waals surface area contributed by atoms with Gasteiger partial charge in [0.25, 0.3) is 15.9 Å². The van der Waals surface area contributed by atoms with Gasteiger partial charge in [-0.2, -0.15) is 13.2 Å². The van der Waals surface area contributed by atoms with E-state index in [9.17, 15) is 35.9 Å². The van der Waals surface area contributed by atoms with E-state index in [1.165, 1.54) is 35.2 Å². The smallest absolute Gasteiger partial charge is 0.416 e. The summed E-state index contributed by atoms with van der Waals surface area (Å²) in [6, 6.07) is 13.0. The number of halogens is 4. The fourth-order valence-electron chi connectivity index (χ4n) is 4.81. The van der Waals surface area contributed by atoms with Gasteiger partial charge < -0.3 is 14.7 Å². The number of sulfonamides is 1. The number of carbonyl (C=O) groups excluding carboxylic acids is 1. The van der Waals surface area contributed by atoms with Gasteiger partial charge in [0, 0.05) is 31.2 Å². The number of ether oxygens (including phenoxy) is 1. The minimum atomic E-state index is -4.42. The maximum Gasteiger partial charge on any atom is 0.416 e. The molecule has 0 spiro atoms. The number of aliphatic hydroxyl groups excluding tert-OH is 1. The van der Waals surface area contributed by atoms with E-state index < -0.39 is 45.6 Å². The zero-order valence-corrected chi connectivity index (χ0v) is 24.6. The average molecular weight is 624 g/mol. The van der Waals surface area contributed by atoms with Crippen molar-refractivity contribution >= 4 is 21.6 Å². The minimum Gasteiger partial charge on any atom is -0.488 e. The van der Waals surface area contributed by atoms with Gasteiger partial charge in [-0.15, -0.1) is 0 Å². The molecular formula is C30H33F4N3O5S. The molecule has 43 heavy (non-hydrogen) atoms. The van der Waals surface area contributed by atoms with Crippen molar-refractivity contribution in [2.45, 2.75) is 43.6 Å². The van der Waals surface area contributed by atoms with E-state index in [-0.39, 0.29) is 41.0 Å². The summed E-state index contributed by atoms with van der Waals surface area (Å²) in [5.41, 5.74) is 0.121. The number of aliphatic hydroxyl groups is 1. The Morgan fingerprint density at radius 3 is 2.35 bits per heavy atom. The molecule has 0 unspecified atom stereocenters. The van der Waals surface area contributed by atoms with E-state index in [0.29, 0.717) is 18.7 Å². The van der Waals surface area contributed by atoms with E-state index in [1.54, 1.807) is 14.0 Å². The number of alkyl halides is 3. The molecule has 0 aromatic heterocycles. The third-order valence-electron chi connectivity index (χ3n) is 7.27. The minimum absolute atomic E-state index is 0.0845. The SMILES string of the molecule is C[C@@H]1CN([C@@H](C)CO)C(=O)c2cc(NS(=O)(=O)c3ccc(F)cc3)ccc2O[C@H]1CN(C)Cc1ccc(C(F)(F)F)cc1. The van der Waals surface area contributed by atoms with E-state index >= 15 is 0 Å². The third-order valence-corrected chi connectivity index (χ3v) is 8.66. The zero-order valence-electron chi connectivity index (χ0n) is 23.8. The number of carbonyl (C=O) groups is 1. The van der Waals surface area contributed by atoms with Crippen LogP contribution in [0.15, 0.2) is 71.6 Å². The number of likely N-dealkylation sites (N-methyl/N-ethyl adjacent to an activating group) is 1. The van der Waals surface area contributed by atoms with Crippen molar-refractivity contribution < 1.29 is 40.6 Å². The fourth-order valence-corrected chi connectivity index (χ4v) is 5.86. The summed E-state index contributed by atoms with van der Waals surface area (Å²) in [7, 11) is -2.29. The van der Waals surface area contributed by atoms with E-state index in [1.807, 2.05) is 11.8 Å². The maximum absolute atomic E-state index is 13.7. The molecule has 0 saturated heterocycles. The molecule has 0 saturated carbocycles. The Morgan fingerprint density at radius 1 is 1.09 bits per heavy atom. The largest absolute Gasteiger partial charge is 0.488 e. The average Bonchev–Trinajstić information content (AvgIpc) is 2.94. The van der Waals surface area contributed by atoms with Crippen LogP contribution in [0.1, 0.15) is 35.3 Å². The molecule has 0 fully saturated rings.